The van der Waals surface area contributed by atoms with Crippen LogP contribution in [0.1, 0.15) is 12.0 Å². The van der Waals surface area contributed by atoms with Crippen molar-refractivity contribution in [1.29, 1.82) is 0 Å². The molecule has 1 fully saturated rings. The zero-order chi connectivity index (χ0) is 24.1. The van der Waals surface area contributed by atoms with Crippen molar-refractivity contribution in [3.8, 4) is 5.75 Å². The van der Waals surface area contributed by atoms with Crippen LogP contribution in [0.2, 0.25) is 5.02 Å². The SMILES string of the molecule is C=C(C(N)=O)c1cc2c(Nc3cccc(Cl)c3F)ncnc2cc1OCCCN1CCOCC1.Cl.Cl. The van der Waals surface area contributed by atoms with Gasteiger partial charge >= 0.3 is 0 Å². The Labute approximate surface area is 225 Å². The molecular formula is C24H27Cl3FN5O3. The summed E-state index contributed by atoms with van der Waals surface area (Å²) in [5.74, 6) is -0.497. The monoisotopic (exact) mass is 557 g/mol. The van der Waals surface area contributed by atoms with Gasteiger partial charge in [-0.25, -0.2) is 14.4 Å². The summed E-state index contributed by atoms with van der Waals surface area (Å²) in [4.78, 5) is 22.8. The Bertz CT molecular complexity index is 1230. The number of halogens is 4. The lowest BCUT2D eigenvalue weighted by atomic mass is 10.0. The number of amides is 1. The van der Waals surface area contributed by atoms with Gasteiger partial charge in [0.2, 0.25) is 5.91 Å². The minimum atomic E-state index is -0.676. The van der Waals surface area contributed by atoms with E-state index < -0.39 is 11.7 Å². The normalized spacial score (nSPS) is 13.4. The number of benzene rings is 2. The van der Waals surface area contributed by atoms with Gasteiger partial charge in [0.25, 0.3) is 0 Å². The maximum Gasteiger partial charge on any atom is 0.248 e. The molecule has 0 spiro atoms. The van der Waals surface area contributed by atoms with Gasteiger partial charge in [-0.2, -0.15) is 0 Å². The van der Waals surface area contributed by atoms with Gasteiger partial charge in [0.15, 0.2) is 5.82 Å². The molecule has 1 saturated heterocycles. The molecule has 36 heavy (non-hydrogen) atoms. The molecule has 12 heteroatoms. The fourth-order valence-electron chi connectivity index (χ4n) is 3.69. The largest absolute Gasteiger partial charge is 0.493 e. The summed E-state index contributed by atoms with van der Waals surface area (Å²) < 4.78 is 25.8. The Morgan fingerprint density at radius 3 is 2.72 bits per heavy atom. The second-order valence-corrected chi connectivity index (χ2v) is 8.22. The lowest BCUT2D eigenvalue weighted by Gasteiger charge is -2.26. The molecular weight excluding hydrogens is 532 g/mol. The molecule has 1 amide bonds. The van der Waals surface area contributed by atoms with Crippen molar-refractivity contribution in [2.45, 2.75) is 6.42 Å². The van der Waals surface area contributed by atoms with Gasteiger partial charge in [-0.1, -0.05) is 24.2 Å². The predicted molar refractivity (Wildman–Crippen MR) is 144 cm³/mol. The molecule has 8 nitrogen and oxygen atoms in total. The molecule has 1 aliphatic rings. The van der Waals surface area contributed by atoms with E-state index in [1.165, 1.54) is 12.4 Å². The first-order chi connectivity index (χ1) is 16.4. The maximum atomic E-state index is 14.4. The molecule has 0 radical (unpaired) electrons. The summed E-state index contributed by atoms with van der Waals surface area (Å²) in [6.45, 7) is 8.42. The van der Waals surface area contributed by atoms with Crippen LogP contribution in [0.3, 0.4) is 0 Å². The average molecular weight is 559 g/mol. The van der Waals surface area contributed by atoms with E-state index in [1.54, 1.807) is 24.3 Å². The molecule has 0 aliphatic carbocycles. The van der Waals surface area contributed by atoms with E-state index in [4.69, 9.17) is 26.8 Å². The minimum Gasteiger partial charge on any atom is -0.493 e. The van der Waals surface area contributed by atoms with Gasteiger partial charge in [-0.3, -0.25) is 9.69 Å². The van der Waals surface area contributed by atoms with Crippen molar-refractivity contribution in [3.05, 3.63) is 59.6 Å². The van der Waals surface area contributed by atoms with Crippen molar-refractivity contribution in [2.75, 3.05) is 44.8 Å². The molecule has 0 atom stereocenters. The third kappa shape index (κ3) is 6.96. The number of carbonyl (C=O) groups is 1. The van der Waals surface area contributed by atoms with Crippen LogP contribution in [-0.2, 0) is 9.53 Å². The Kier molecular flexibility index (Phi) is 11.1. The molecule has 1 aliphatic heterocycles. The van der Waals surface area contributed by atoms with Gasteiger partial charge in [-0.15, -0.1) is 24.8 Å². The van der Waals surface area contributed by atoms with E-state index >= 15 is 0 Å². The molecule has 1 aromatic heterocycles. The molecule has 4 rings (SSSR count). The Morgan fingerprint density at radius 1 is 1.25 bits per heavy atom. The van der Waals surface area contributed by atoms with Crippen LogP contribution < -0.4 is 15.8 Å². The topological polar surface area (TPSA) is 103 Å². The van der Waals surface area contributed by atoms with Crippen LogP contribution in [0.25, 0.3) is 16.5 Å². The van der Waals surface area contributed by atoms with Crippen molar-refractivity contribution in [2.24, 2.45) is 5.73 Å². The summed E-state index contributed by atoms with van der Waals surface area (Å²) in [7, 11) is 0. The van der Waals surface area contributed by atoms with Crippen LogP contribution in [-0.4, -0.2) is 60.2 Å². The Hall–Kier alpha value is -2.69. The van der Waals surface area contributed by atoms with Crippen molar-refractivity contribution in [3.63, 3.8) is 0 Å². The number of fused-ring (bicyclic) bond motifs is 1. The highest BCUT2D eigenvalue weighted by Crippen LogP contribution is 2.34. The first-order valence-electron chi connectivity index (χ1n) is 10.9. The summed E-state index contributed by atoms with van der Waals surface area (Å²) in [6, 6.07) is 8.00. The third-order valence-electron chi connectivity index (χ3n) is 5.54. The lowest BCUT2D eigenvalue weighted by Crippen LogP contribution is -2.37. The fourth-order valence-corrected chi connectivity index (χ4v) is 3.87. The zero-order valence-electron chi connectivity index (χ0n) is 19.3. The van der Waals surface area contributed by atoms with Crippen molar-refractivity contribution < 1.29 is 18.7 Å². The molecule has 0 bridgehead atoms. The second-order valence-electron chi connectivity index (χ2n) is 7.81. The molecule has 194 valence electrons. The standard InChI is InChI=1S/C24H25ClFN5O3.2ClH/c1-15(23(27)32)16-12-17-20(13-21(16)34-9-3-6-31-7-10-33-11-8-31)28-14-29-24(17)30-19-5-2-4-18(25)22(19)26;;/h2,4-5,12-14H,1,3,6-11H2,(H2,27,32)(H,28,29,30);2*1H. The number of morpholine rings is 1. The van der Waals surface area contributed by atoms with Crippen LogP contribution in [0.4, 0.5) is 15.9 Å². The third-order valence-corrected chi connectivity index (χ3v) is 5.84. The number of rotatable bonds is 9. The number of aromatic nitrogens is 2. The highest BCUT2D eigenvalue weighted by Gasteiger charge is 2.18. The summed E-state index contributed by atoms with van der Waals surface area (Å²) >= 11 is 5.89. The van der Waals surface area contributed by atoms with E-state index in [9.17, 15) is 9.18 Å². The zero-order valence-corrected chi connectivity index (χ0v) is 21.7. The highest BCUT2D eigenvalue weighted by atomic mass is 35.5. The van der Waals surface area contributed by atoms with E-state index in [1.807, 2.05) is 0 Å². The number of nitrogens with one attached hydrogen (secondary N) is 1. The molecule has 2 heterocycles. The van der Waals surface area contributed by atoms with E-state index in [2.05, 4.69) is 26.8 Å². The van der Waals surface area contributed by atoms with Crippen LogP contribution >= 0.6 is 36.4 Å². The Balaban J connectivity index is 0.00000228. The van der Waals surface area contributed by atoms with Crippen LogP contribution in [0, 0.1) is 5.82 Å². The quantitative estimate of drug-likeness (QED) is 0.292. The van der Waals surface area contributed by atoms with Crippen molar-refractivity contribution in [1.82, 2.24) is 14.9 Å². The number of hydrogen-bond donors (Lipinski definition) is 2. The smallest absolute Gasteiger partial charge is 0.248 e. The molecule has 3 aromatic rings. The lowest BCUT2D eigenvalue weighted by molar-refractivity contribution is -0.112. The van der Waals surface area contributed by atoms with Gasteiger partial charge < -0.3 is 20.5 Å². The summed E-state index contributed by atoms with van der Waals surface area (Å²) in [5, 5.41) is 3.47. The number of primary amides is 1. The van der Waals surface area contributed by atoms with Gasteiger partial charge in [0, 0.05) is 42.2 Å². The molecule has 3 N–H and O–H groups in total. The van der Waals surface area contributed by atoms with Crippen LogP contribution in [0.15, 0.2) is 43.2 Å². The van der Waals surface area contributed by atoms with Gasteiger partial charge in [-0.05, 0) is 24.6 Å². The first-order valence-corrected chi connectivity index (χ1v) is 11.2. The van der Waals surface area contributed by atoms with E-state index in [-0.39, 0.29) is 41.1 Å². The number of hydrogen-bond acceptors (Lipinski definition) is 7. The molecule has 2 aromatic carbocycles. The Morgan fingerprint density at radius 2 is 2.00 bits per heavy atom. The predicted octanol–water partition coefficient (Wildman–Crippen LogP) is 4.61. The minimum absolute atomic E-state index is 0. The van der Waals surface area contributed by atoms with Gasteiger partial charge in [0.05, 0.1) is 36.0 Å². The fraction of sp³-hybridized carbons (Fsp3) is 0.292. The van der Waals surface area contributed by atoms with E-state index in [0.29, 0.717) is 34.6 Å². The number of ether oxygens (including phenoxy) is 2. The number of carbonyl (C=O) groups excluding carboxylic acids is 1. The molecule has 0 saturated carbocycles. The van der Waals surface area contributed by atoms with Crippen molar-refractivity contribution >= 4 is 70.3 Å². The second kappa shape index (κ2) is 13.6. The number of nitrogens with two attached hydrogens (primary N) is 1. The average Bonchev–Trinajstić information content (AvgIpc) is 2.84. The molecule has 0 unspecified atom stereocenters. The van der Waals surface area contributed by atoms with Crippen LogP contribution in [0.5, 0.6) is 5.75 Å². The van der Waals surface area contributed by atoms with Gasteiger partial charge in [0.1, 0.15) is 17.9 Å². The number of nitrogens with zero attached hydrogens (tertiary/aromatic N) is 3. The summed E-state index contributed by atoms with van der Waals surface area (Å²) in [6.07, 6.45) is 2.16. The highest BCUT2D eigenvalue weighted by molar-refractivity contribution is 6.31. The van der Waals surface area contributed by atoms with E-state index in [0.717, 1.165) is 39.3 Å². The summed E-state index contributed by atoms with van der Waals surface area (Å²) in [5.41, 5.74) is 6.73. The first kappa shape index (κ1) is 29.5. The number of anilines is 2. The maximum absolute atomic E-state index is 14.4.